The molecular weight excluding hydrogens is 257 g/mol. The van der Waals surface area contributed by atoms with Gasteiger partial charge in [-0.05, 0) is 37.5 Å². The van der Waals surface area contributed by atoms with Gasteiger partial charge >= 0.3 is 6.18 Å². The largest absolute Gasteiger partial charge is 0.406 e. The molecule has 0 aromatic carbocycles. The highest BCUT2D eigenvalue weighted by Crippen LogP contribution is 2.48. The van der Waals surface area contributed by atoms with E-state index in [9.17, 15) is 18.0 Å². The predicted octanol–water partition coefficient (Wildman–Crippen LogP) is 2.16. The lowest BCUT2D eigenvalue weighted by Gasteiger charge is -2.33. The molecular formula is C13H21F3N2O. The zero-order valence-corrected chi connectivity index (χ0v) is 11.1. The lowest BCUT2D eigenvalue weighted by Crippen LogP contribution is -2.49. The van der Waals surface area contributed by atoms with E-state index >= 15 is 0 Å². The van der Waals surface area contributed by atoms with E-state index in [1.54, 1.807) is 6.92 Å². The van der Waals surface area contributed by atoms with Crippen LogP contribution in [0, 0.1) is 17.8 Å². The molecule has 6 heteroatoms. The zero-order chi connectivity index (χ0) is 14.2. The molecule has 2 fully saturated rings. The van der Waals surface area contributed by atoms with Crippen molar-refractivity contribution >= 4 is 5.91 Å². The summed E-state index contributed by atoms with van der Waals surface area (Å²) >= 11 is 0. The monoisotopic (exact) mass is 278 g/mol. The van der Waals surface area contributed by atoms with Crippen LogP contribution in [-0.2, 0) is 4.79 Å². The first-order chi connectivity index (χ1) is 8.83. The predicted molar refractivity (Wildman–Crippen MR) is 65.2 cm³/mol. The Labute approximate surface area is 111 Å². The molecule has 0 aromatic heterocycles. The topological polar surface area (TPSA) is 46.3 Å². The molecule has 110 valence electrons. The van der Waals surface area contributed by atoms with Gasteiger partial charge in [-0.25, -0.2) is 0 Å². The Morgan fingerprint density at radius 3 is 2.42 bits per heavy atom. The fourth-order valence-corrected chi connectivity index (χ4v) is 3.67. The van der Waals surface area contributed by atoms with Gasteiger partial charge in [0.1, 0.15) is 6.54 Å². The number of amides is 1. The van der Waals surface area contributed by atoms with E-state index in [-0.39, 0.29) is 24.4 Å². The summed E-state index contributed by atoms with van der Waals surface area (Å²) in [6, 6.07) is -0.251. The average molecular weight is 278 g/mol. The van der Waals surface area contributed by atoms with Gasteiger partial charge in [0.25, 0.3) is 0 Å². The summed E-state index contributed by atoms with van der Waals surface area (Å²) in [5.41, 5.74) is 6.03. The summed E-state index contributed by atoms with van der Waals surface area (Å²) in [5.74, 6) is -0.264. The SMILES string of the molecule is CCCN(CC(F)(F)F)C(=O)C1C2CCC(C2)C1N. The molecule has 0 aromatic rings. The van der Waals surface area contributed by atoms with Gasteiger partial charge in [-0.15, -0.1) is 0 Å². The summed E-state index contributed by atoms with van der Waals surface area (Å²) < 4.78 is 37.6. The maximum atomic E-state index is 12.5. The van der Waals surface area contributed by atoms with Crippen molar-refractivity contribution in [3.63, 3.8) is 0 Å². The number of rotatable bonds is 4. The number of carbonyl (C=O) groups is 1. The molecule has 0 aliphatic heterocycles. The van der Waals surface area contributed by atoms with Gasteiger partial charge in [0, 0.05) is 12.6 Å². The minimum atomic E-state index is -4.34. The maximum Gasteiger partial charge on any atom is 0.406 e. The Bertz CT molecular complexity index is 343. The van der Waals surface area contributed by atoms with Gasteiger partial charge in [0.05, 0.1) is 5.92 Å². The van der Waals surface area contributed by atoms with E-state index in [4.69, 9.17) is 5.73 Å². The van der Waals surface area contributed by atoms with Gasteiger partial charge in [-0.3, -0.25) is 4.79 Å². The van der Waals surface area contributed by atoms with E-state index < -0.39 is 18.6 Å². The Balaban J connectivity index is 2.07. The number of nitrogens with two attached hydrogens (primary N) is 1. The number of alkyl halides is 3. The van der Waals surface area contributed by atoms with E-state index in [0.717, 1.165) is 24.2 Å². The summed E-state index contributed by atoms with van der Waals surface area (Å²) in [4.78, 5) is 13.3. The molecule has 2 aliphatic rings. The van der Waals surface area contributed by atoms with Crippen molar-refractivity contribution in [3.8, 4) is 0 Å². The van der Waals surface area contributed by atoms with Crippen molar-refractivity contribution in [2.24, 2.45) is 23.5 Å². The first-order valence-electron chi connectivity index (χ1n) is 6.94. The number of hydrogen-bond acceptors (Lipinski definition) is 2. The van der Waals surface area contributed by atoms with Crippen LogP contribution in [0.3, 0.4) is 0 Å². The van der Waals surface area contributed by atoms with Crippen molar-refractivity contribution in [1.82, 2.24) is 4.90 Å². The third-order valence-corrected chi connectivity index (χ3v) is 4.44. The lowest BCUT2D eigenvalue weighted by molar-refractivity contribution is -0.165. The van der Waals surface area contributed by atoms with Crippen LogP contribution in [0.1, 0.15) is 32.6 Å². The van der Waals surface area contributed by atoms with Crippen molar-refractivity contribution in [2.75, 3.05) is 13.1 Å². The first-order valence-corrected chi connectivity index (χ1v) is 6.94. The zero-order valence-electron chi connectivity index (χ0n) is 11.1. The van der Waals surface area contributed by atoms with Crippen LogP contribution >= 0.6 is 0 Å². The Morgan fingerprint density at radius 1 is 1.32 bits per heavy atom. The summed E-state index contributed by atoms with van der Waals surface area (Å²) in [6.07, 6.45) is -0.961. The van der Waals surface area contributed by atoms with Crippen molar-refractivity contribution in [1.29, 1.82) is 0 Å². The number of nitrogens with zero attached hydrogens (tertiary/aromatic N) is 1. The number of carbonyl (C=O) groups excluding carboxylic acids is 1. The molecule has 19 heavy (non-hydrogen) atoms. The molecule has 2 saturated carbocycles. The van der Waals surface area contributed by atoms with Gasteiger partial charge in [-0.1, -0.05) is 6.92 Å². The average Bonchev–Trinajstić information content (AvgIpc) is 2.86. The lowest BCUT2D eigenvalue weighted by atomic mass is 9.84. The molecule has 2 N–H and O–H groups in total. The van der Waals surface area contributed by atoms with Crippen LogP contribution in [-0.4, -0.2) is 36.1 Å². The van der Waals surface area contributed by atoms with Crippen LogP contribution < -0.4 is 5.73 Å². The van der Waals surface area contributed by atoms with Crippen LogP contribution in [0.15, 0.2) is 0 Å². The van der Waals surface area contributed by atoms with Gasteiger partial charge in [0.2, 0.25) is 5.91 Å². The van der Waals surface area contributed by atoms with Crippen molar-refractivity contribution < 1.29 is 18.0 Å². The van der Waals surface area contributed by atoms with E-state index in [1.807, 2.05) is 0 Å². The summed E-state index contributed by atoms with van der Waals surface area (Å²) in [6.45, 7) is 0.774. The molecule has 4 unspecified atom stereocenters. The highest BCUT2D eigenvalue weighted by molar-refractivity contribution is 5.80. The molecule has 2 aliphatic carbocycles. The molecule has 0 saturated heterocycles. The minimum absolute atomic E-state index is 0.152. The van der Waals surface area contributed by atoms with Gasteiger partial charge in [0.15, 0.2) is 0 Å². The molecule has 0 radical (unpaired) electrons. The van der Waals surface area contributed by atoms with E-state index in [0.29, 0.717) is 12.3 Å². The molecule has 0 heterocycles. The summed E-state index contributed by atoms with van der Waals surface area (Å²) in [5, 5.41) is 0. The Hall–Kier alpha value is -0.780. The second-order valence-electron chi connectivity index (χ2n) is 5.81. The standard InChI is InChI=1S/C13H21F3N2O/c1-2-5-18(7-13(14,15)16)12(19)10-8-3-4-9(6-8)11(10)17/h8-11H,2-7,17H2,1H3. The van der Waals surface area contributed by atoms with Gasteiger partial charge in [-0.2, -0.15) is 13.2 Å². The fraction of sp³-hybridized carbons (Fsp3) is 0.923. The minimum Gasteiger partial charge on any atom is -0.333 e. The van der Waals surface area contributed by atoms with E-state index in [1.165, 1.54) is 0 Å². The Kier molecular flexibility index (Phi) is 4.08. The van der Waals surface area contributed by atoms with Crippen LogP contribution in [0.4, 0.5) is 13.2 Å². The molecule has 4 atom stereocenters. The van der Waals surface area contributed by atoms with Crippen LogP contribution in [0.5, 0.6) is 0 Å². The van der Waals surface area contributed by atoms with Crippen molar-refractivity contribution in [3.05, 3.63) is 0 Å². The Morgan fingerprint density at radius 2 is 1.95 bits per heavy atom. The molecule has 2 rings (SSSR count). The molecule has 3 nitrogen and oxygen atoms in total. The number of hydrogen-bond donors (Lipinski definition) is 1. The third-order valence-electron chi connectivity index (χ3n) is 4.44. The number of fused-ring (bicyclic) bond motifs is 2. The fourth-order valence-electron chi connectivity index (χ4n) is 3.67. The maximum absolute atomic E-state index is 12.5. The van der Waals surface area contributed by atoms with Crippen molar-refractivity contribution in [2.45, 2.75) is 44.8 Å². The highest BCUT2D eigenvalue weighted by atomic mass is 19.4. The molecule has 2 bridgehead atoms. The summed E-state index contributed by atoms with van der Waals surface area (Å²) in [7, 11) is 0. The van der Waals surface area contributed by atoms with Gasteiger partial charge < -0.3 is 10.6 Å². The molecule has 0 spiro atoms. The second-order valence-corrected chi connectivity index (χ2v) is 5.81. The third kappa shape index (κ3) is 3.04. The molecule has 1 amide bonds. The second kappa shape index (κ2) is 5.31. The van der Waals surface area contributed by atoms with E-state index in [2.05, 4.69) is 0 Å². The number of halogens is 3. The van der Waals surface area contributed by atoms with Crippen LogP contribution in [0.2, 0.25) is 0 Å². The highest BCUT2D eigenvalue weighted by Gasteiger charge is 2.50. The quantitative estimate of drug-likeness (QED) is 0.856. The smallest absolute Gasteiger partial charge is 0.333 e. The first kappa shape index (κ1) is 14.6. The van der Waals surface area contributed by atoms with Crippen LogP contribution in [0.25, 0.3) is 0 Å². The normalized spacial score (nSPS) is 33.7.